The smallest absolute Gasteiger partial charge is 0.293 e. The van der Waals surface area contributed by atoms with Gasteiger partial charge in [0, 0.05) is 0 Å². The number of aryl methyl sites for hydroxylation is 2. The second-order valence-electron chi connectivity index (χ2n) is 9.25. The summed E-state index contributed by atoms with van der Waals surface area (Å²) >= 11 is 0. The Kier molecular flexibility index (Phi) is 6.83. The van der Waals surface area contributed by atoms with Crippen molar-refractivity contribution < 1.29 is 14.6 Å². The quantitative estimate of drug-likeness (QED) is 0.317. The van der Waals surface area contributed by atoms with Gasteiger partial charge in [0.05, 0.1) is 0 Å². The topological polar surface area (TPSA) is 46.5 Å². The second kappa shape index (κ2) is 9.12. The van der Waals surface area contributed by atoms with Gasteiger partial charge in [-0.15, -0.1) is 0 Å². The van der Waals surface area contributed by atoms with Crippen molar-refractivity contribution in [3.05, 3.63) is 29.3 Å². The van der Waals surface area contributed by atoms with Crippen LogP contribution in [0.1, 0.15) is 95.1 Å². The highest BCUT2D eigenvalue weighted by molar-refractivity contribution is 5.40. The van der Waals surface area contributed by atoms with E-state index in [1.807, 2.05) is 6.07 Å². The number of carbonyl (C=O) groups is 1. The Morgan fingerprint density at radius 3 is 2.11 bits per heavy atom. The molecule has 3 heteroatoms. The Hall–Kier alpha value is -1.51. The molecule has 2 aliphatic carbocycles. The molecule has 0 aliphatic heterocycles. The van der Waals surface area contributed by atoms with E-state index in [0.29, 0.717) is 17.6 Å². The first-order valence-electron chi connectivity index (χ1n) is 11.0. The molecule has 0 bridgehead atoms. The maximum atomic E-state index is 10.6. The van der Waals surface area contributed by atoms with E-state index in [0.717, 1.165) is 56.1 Å². The molecule has 2 saturated carbocycles. The lowest BCUT2D eigenvalue weighted by atomic mass is 9.97. The number of para-hydroxylation sites is 1. The van der Waals surface area contributed by atoms with Crippen LogP contribution < -0.4 is 0 Å². The summed E-state index contributed by atoms with van der Waals surface area (Å²) < 4.78 is 5.20. The third-order valence-electron chi connectivity index (χ3n) is 6.72. The van der Waals surface area contributed by atoms with Crippen LogP contribution in [0.5, 0.6) is 5.75 Å². The molecule has 0 amide bonds. The van der Waals surface area contributed by atoms with Crippen LogP contribution in [0.3, 0.4) is 0 Å². The Bertz CT molecular complexity index is 614. The van der Waals surface area contributed by atoms with Gasteiger partial charge in [-0.05, 0) is 87.2 Å². The molecule has 0 saturated heterocycles. The molecule has 0 unspecified atom stereocenters. The van der Waals surface area contributed by atoms with Crippen molar-refractivity contribution in [2.24, 2.45) is 5.41 Å². The van der Waals surface area contributed by atoms with Gasteiger partial charge in [0.2, 0.25) is 0 Å². The van der Waals surface area contributed by atoms with Crippen molar-refractivity contribution >= 4 is 6.47 Å². The summed E-state index contributed by atoms with van der Waals surface area (Å²) in [5, 5.41) is 10.6. The van der Waals surface area contributed by atoms with E-state index in [1.165, 1.54) is 44.9 Å². The predicted molar refractivity (Wildman–Crippen MR) is 109 cm³/mol. The number of phenols is 1. The maximum absolute atomic E-state index is 10.6. The third kappa shape index (κ3) is 6.26. The normalized spacial score (nSPS) is 18.9. The van der Waals surface area contributed by atoms with Gasteiger partial charge in [-0.1, -0.05) is 44.4 Å². The Morgan fingerprint density at radius 1 is 0.926 bits per heavy atom. The number of carbonyl (C=O) groups excluding carboxylic acids is 1. The van der Waals surface area contributed by atoms with Gasteiger partial charge < -0.3 is 9.84 Å². The first kappa shape index (κ1) is 20.2. The predicted octanol–water partition coefficient (Wildman–Crippen LogP) is 6.10. The van der Waals surface area contributed by atoms with E-state index in [-0.39, 0.29) is 5.60 Å². The molecule has 2 fully saturated rings. The molecule has 1 aromatic rings. The van der Waals surface area contributed by atoms with Gasteiger partial charge in [-0.3, -0.25) is 4.79 Å². The number of phenolic OH excluding ortho intramolecular Hbond substituents is 1. The molecule has 0 aromatic heterocycles. The molecule has 3 nitrogen and oxygen atoms in total. The molecule has 2 aliphatic rings. The number of ether oxygens (including phenoxy) is 1. The standard InChI is InChI=1S/C24H36O3/c1-23(15-16-23)13-6-3-2-4-9-20-11-8-12-21(22(20)26)10-5-7-14-24(17-18-24)27-19-25/h8,11-12,19,26H,2-7,9-10,13-18H2,1H3. The first-order valence-corrected chi connectivity index (χ1v) is 11.0. The zero-order valence-electron chi connectivity index (χ0n) is 17.0. The van der Waals surface area contributed by atoms with Gasteiger partial charge in [0.25, 0.3) is 6.47 Å². The number of rotatable bonds is 14. The molecule has 150 valence electrons. The number of unbranched alkanes of at least 4 members (excludes halogenated alkanes) is 4. The minimum Gasteiger partial charge on any atom is -0.507 e. The van der Waals surface area contributed by atoms with Crippen LogP contribution in [0.15, 0.2) is 18.2 Å². The fourth-order valence-corrected chi connectivity index (χ4v) is 4.16. The fourth-order valence-electron chi connectivity index (χ4n) is 4.16. The summed E-state index contributed by atoms with van der Waals surface area (Å²) in [6.45, 7) is 3.00. The molecule has 1 N–H and O–H groups in total. The molecular formula is C24H36O3. The molecule has 0 heterocycles. The molecule has 0 spiro atoms. The summed E-state index contributed by atoms with van der Waals surface area (Å²) in [5.41, 5.74) is 2.70. The van der Waals surface area contributed by atoms with E-state index < -0.39 is 0 Å². The zero-order valence-corrected chi connectivity index (χ0v) is 17.0. The van der Waals surface area contributed by atoms with E-state index in [9.17, 15) is 9.90 Å². The second-order valence-corrected chi connectivity index (χ2v) is 9.25. The minimum atomic E-state index is -0.150. The molecule has 3 rings (SSSR count). The van der Waals surface area contributed by atoms with Gasteiger partial charge in [-0.25, -0.2) is 0 Å². The minimum absolute atomic E-state index is 0.150. The summed E-state index contributed by atoms with van der Waals surface area (Å²) in [5.74, 6) is 0.508. The van der Waals surface area contributed by atoms with Crippen molar-refractivity contribution in [2.45, 2.75) is 102 Å². The fraction of sp³-hybridized carbons (Fsp3) is 0.708. The average molecular weight is 373 g/mol. The summed E-state index contributed by atoms with van der Waals surface area (Å²) in [4.78, 5) is 10.5. The van der Waals surface area contributed by atoms with Crippen molar-refractivity contribution in [3.63, 3.8) is 0 Å². The molecular weight excluding hydrogens is 336 g/mol. The highest BCUT2D eigenvalue weighted by atomic mass is 16.5. The lowest BCUT2D eigenvalue weighted by molar-refractivity contribution is -0.135. The van der Waals surface area contributed by atoms with Crippen LogP contribution in [0.25, 0.3) is 0 Å². The average Bonchev–Trinajstić information content (AvgIpc) is 3.57. The zero-order chi connectivity index (χ0) is 19.2. The van der Waals surface area contributed by atoms with Crippen LogP contribution in [0.2, 0.25) is 0 Å². The molecule has 0 atom stereocenters. The highest BCUT2D eigenvalue weighted by Crippen LogP contribution is 2.49. The number of aromatic hydroxyl groups is 1. The SMILES string of the molecule is CC1(CCCCCCc2cccc(CCCCC3(OC=O)CC3)c2O)CC1. The highest BCUT2D eigenvalue weighted by Gasteiger charge is 2.44. The van der Waals surface area contributed by atoms with E-state index in [2.05, 4.69) is 19.1 Å². The van der Waals surface area contributed by atoms with Gasteiger partial charge in [0.15, 0.2) is 0 Å². The van der Waals surface area contributed by atoms with E-state index in [4.69, 9.17) is 4.74 Å². The lowest BCUT2D eigenvalue weighted by Crippen LogP contribution is -2.12. The van der Waals surface area contributed by atoms with Crippen molar-refractivity contribution in [1.82, 2.24) is 0 Å². The Balaban J connectivity index is 1.33. The Morgan fingerprint density at radius 2 is 1.52 bits per heavy atom. The van der Waals surface area contributed by atoms with Crippen LogP contribution in [0, 0.1) is 5.41 Å². The van der Waals surface area contributed by atoms with E-state index in [1.54, 1.807) is 0 Å². The van der Waals surface area contributed by atoms with Crippen molar-refractivity contribution in [3.8, 4) is 5.75 Å². The van der Waals surface area contributed by atoms with Crippen LogP contribution in [-0.4, -0.2) is 17.2 Å². The molecule has 27 heavy (non-hydrogen) atoms. The maximum Gasteiger partial charge on any atom is 0.293 e. The monoisotopic (exact) mass is 372 g/mol. The van der Waals surface area contributed by atoms with Gasteiger partial charge >= 0.3 is 0 Å². The molecule has 0 radical (unpaired) electrons. The van der Waals surface area contributed by atoms with Crippen LogP contribution in [-0.2, 0) is 22.4 Å². The number of hydrogen-bond acceptors (Lipinski definition) is 3. The van der Waals surface area contributed by atoms with Crippen LogP contribution in [0.4, 0.5) is 0 Å². The third-order valence-corrected chi connectivity index (χ3v) is 6.72. The van der Waals surface area contributed by atoms with Crippen molar-refractivity contribution in [2.75, 3.05) is 0 Å². The first-order chi connectivity index (χ1) is 13.1. The number of benzene rings is 1. The largest absolute Gasteiger partial charge is 0.507 e. The Labute approximate surface area is 164 Å². The van der Waals surface area contributed by atoms with Gasteiger partial charge in [0.1, 0.15) is 11.4 Å². The van der Waals surface area contributed by atoms with Gasteiger partial charge in [-0.2, -0.15) is 0 Å². The molecule has 1 aromatic carbocycles. The van der Waals surface area contributed by atoms with E-state index >= 15 is 0 Å². The van der Waals surface area contributed by atoms with Crippen LogP contribution >= 0.6 is 0 Å². The number of hydrogen-bond donors (Lipinski definition) is 1. The lowest BCUT2D eigenvalue weighted by Gasteiger charge is -2.13. The summed E-state index contributed by atoms with van der Waals surface area (Å²) in [6.07, 6.45) is 16.3. The summed E-state index contributed by atoms with van der Waals surface area (Å²) in [7, 11) is 0. The summed E-state index contributed by atoms with van der Waals surface area (Å²) in [6, 6.07) is 6.20. The van der Waals surface area contributed by atoms with Crippen molar-refractivity contribution in [1.29, 1.82) is 0 Å².